The summed E-state index contributed by atoms with van der Waals surface area (Å²) in [5.41, 5.74) is 0.367. The number of carbonyl (C=O) groups excluding carboxylic acids is 1. The van der Waals surface area contributed by atoms with Gasteiger partial charge in [0.2, 0.25) is 6.10 Å². The van der Waals surface area contributed by atoms with E-state index in [9.17, 15) is 4.79 Å². The van der Waals surface area contributed by atoms with E-state index in [0.29, 0.717) is 10.6 Å². The maximum atomic E-state index is 11.1. The van der Waals surface area contributed by atoms with Gasteiger partial charge in [-0.15, -0.1) is 0 Å². The summed E-state index contributed by atoms with van der Waals surface area (Å²) in [6.07, 6.45) is -2.02. The fourth-order valence-electron chi connectivity index (χ4n) is 1.12. The lowest BCUT2D eigenvalue weighted by molar-refractivity contribution is 0.0421. The minimum absolute atomic E-state index is 0.172. The molecule has 0 saturated heterocycles. The van der Waals surface area contributed by atoms with Crippen LogP contribution in [0.1, 0.15) is 18.6 Å². The molecule has 0 heterocycles. The smallest absolute Gasteiger partial charge is 0.435 e. The zero-order valence-corrected chi connectivity index (χ0v) is 10.5. The van der Waals surface area contributed by atoms with Crippen LogP contribution in [0.5, 0.6) is 0 Å². The van der Waals surface area contributed by atoms with Crippen LogP contribution in [0.3, 0.4) is 0 Å². The number of benzene rings is 1. The van der Waals surface area contributed by atoms with Crippen molar-refractivity contribution in [1.82, 2.24) is 0 Å². The Morgan fingerprint density at radius 1 is 1.53 bits per heavy atom. The van der Waals surface area contributed by atoms with Crippen molar-refractivity contribution >= 4 is 29.4 Å². The monoisotopic (exact) mass is 273 g/mol. The highest BCUT2D eigenvalue weighted by atomic mass is 35.5. The van der Waals surface area contributed by atoms with E-state index in [1.54, 1.807) is 13.0 Å². The third-order valence-electron chi connectivity index (χ3n) is 1.84. The van der Waals surface area contributed by atoms with Crippen molar-refractivity contribution in [3.05, 3.63) is 33.8 Å². The molecule has 0 radical (unpaired) electrons. The fourth-order valence-corrected chi connectivity index (χ4v) is 1.63. The van der Waals surface area contributed by atoms with E-state index >= 15 is 0 Å². The number of halogens is 2. The molecule has 6 heteroatoms. The van der Waals surface area contributed by atoms with Gasteiger partial charge in [-0.25, -0.2) is 4.79 Å². The van der Waals surface area contributed by atoms with Crippen molar-refractivity contribution in [2.45, 2.75) is 13.0 Å². The third kappa shape index (κ3) is 3.81. The predicted octanol–water partition coefficient (Wildman–Crippen LogP) is 3.73. The highest BCUT2D eigenvalue weighted by Crippen LogP contribution is 2.28. The Morgan fingerprint density at radius 2 is 2.24 bits per heavy atom. The molecule has 0 saturated carbocycles. The Morgan fingerprint density at radius 3 is 2.76 bits per heavy atom. The molecule has 1 unspecified atom stereocenters. The van der Waals surface area contributed by atoms with Crippen LogP contribution in [0.4, 0.5) is 4.79 Å². The number of nitrogens with zero attached hydrogens (tertiary/aromatic N) is 1. The highest BCUT2D eigenvalue weighted by Gasteiger charge is 2.19. The third-order valence-corrected chi connectivity index (χ3v) is 2.40. The van der Waals surface area contributed by atoms with E-state index in [2.05, 4.69) is 4.74 Å². The van der Waals surface area contributed by atoms with E-state index < -0.39 is 12.3 Å². The van der Waals surface area contributed by atoms with Gasteiger partial charge in [-0.2, -0.15) is 5.26 Å². The molecule has 0 aliphatic carbocycles. The second-order valence-corrected chi connectivity index (χ2v) is 3.82. The van der Waals surface area contributed by atoms with Gasteiger partial charge in [-0.05, 0) is 19.1 Å². The van der Waals surface area contributed by atoms with Crippen LogP contribution in [-0.2, 0) is 9.47 Å². The topological polar surface area (TPSA) is 59.3 Å². The van der Waals surface area contributed by atoms with Gasteiger partial charge in [0.25, 0.3) is 0 Å². The van der Waals surface area contributed by atoms with Gasteiger partial charge in [0.15, 0.2) is 0 Å². The van der Waals surface area contributed by atoms with Gasteiger partial charge in [0.05, 0.1) is 11.6 Å². The first-order valence-corrected chi connectivity index (χ1v) is 5.52. The zero-order chi connectivity index (χ0) is 12.8. The molecule has 17 heavy (non-hydrogen) atoms. The summed E-state index contributed by atoms with van der Waals surface area (Å²) < 4.78 is 9.37. The van der Waals surface area contributed by atoms with Crippen LogP contribution in [0.25, 0.3) is 0 Å². The van der Waals surface area contributed by atoms with Gasteiger partial charge < -0.3 is 9.47 Å². The molecule has 0 bridgehead atoms. The molecule has 0 aromatic heterocycles. The maximum Gasteiger partial charge on any atom is 0.509 e. The Balaban J connectivity index is 2.87. The largest absolute Gasteiger partial charge is 0.509 e. The summed E-state index contributed by atoms with van der Waals surface area (Å²) in [5, 5.41) is 9.61. The maximum absolute atomic E-state index is 11.1. The van der Waals surface area contributed by atoms with Gasteiger partial charge in [0, 0.05) is 10.6 Å². The molecule has 90 valence electrons. The molecule has 0 fully saturated rings. The van der Waals surface area contributed by atoms with Crippen LogP contribution >= 0.6 is 23.2 Å². The molecular weight excluding hydrogens is 265 g/mol. The minimum Gasteiger partial charge on any atom is -0.435 e. The Bertz CT molecular complexity index is 457. The normalized spacial score (nSPS) is 11.4. The van der Waals surface area contributed by atoms with Gasteiger partial charge >= 0.3 is 6.16 Å². The van der Waals surface area contributed by atoms with Crippen LogP contribution in [0, 0.1) is 11.3 Å². The van der Waals surface area contributed by atoms with Crippen LogP contribution < -0.4 is 0 Å². The number of rotatable bonds is 3. The second kappa shape index (κ2) is 6.33. The van der Waals surface area contributed by atoms with Crippen molar-refractivity contribution in [2.24, 2.45) is 0 Å². The Kier molecular flexibility index (Phi) is 5.08. The number of carbonyl (C=O) groups is 1. The number of nitriles is 1. The molecule has 0 amide bonds. The Labute approximate surface area is 109 Å². The standard InChI is InChI=1S/C11H9Cl2NO3/c1-2-16-11(15)17-10(6-14)8-4-3-7(12)5-9(8)13/h3-5,10H,2H2,1H3. The van der Waals surface area contributed by atoms with Gasteiger partial charge in [-0.3, -0.25) is 0 Å². The molecule has 1 aromatic rings. The lowest BCUT2D eigenvalue weighted by Crippen LogP contribution is -2.12. The SMILES string of the molecule is CCOC(=O)OC(C#N)c1ccc(Cl)cc1Cl. The van der Waals surface area contributed by atoms with E-state index in [1.165, 1.54) is 12.1 Å². The van der Waals surface area contributed by atoms with E-state index in [0.717, 1.165) is 0 Å². The first kappa shape index (κ1) is 13.6. The average Bonchev–Trinajstić information content (AvgIpc) is 2.27. The van der Waals surface area contributed by atoms with Crippen LogP contribution in [0.2, 0.25) is 10.0 Å². The van der Waals surface area contributed by atoms with Gasteiger partial charge in [0.1, 0.15) is 6.07 Å². The summed E-state index contributed by atoms with van der Waals surface area (Å²) in [4.78, 5) is 11.1. The lowest BCUT2D eigenvalue weighted by Gasteiger charge is -2.12. The summed E-state index contributed by atoms with van der Waals surface area (Å²) >= 11 is 11.6. The van der Waals surface area contributed by atoms with Crippen molar-refractivity contribution in [3.8, 4) is 6.07 Å². The summed E-state index contributed by atoms with van der Waals surface area (Å²) in [6.45, 7) is 1.81. The molecular formula is C11H9Cl2NO3. The molecule has 0 aliphatic rings. The van der Waals surface area contributed by atoms with Crippen molar-refractivity contribution in [3.63, 3.8) is 0 Å². The van der Waals surface area contributed by atoms with Crippen LogP contribution in [-0.4, -0.2) is 12.8 Å². The second-order valence-electron chi connectivity index (χ2n) is 2.98. The number of ether oxygens (including phenoxy) is 2. The zero-order valence-electron chi connectivity index (χ0n) is 8.94. The first-order chi connectivity index (χ1) is 8.08. The summed E-state index contributed by atoms with van der Waals surface area (Å²) in [5.74, 6) is 0. The van der Waals surface area contributed by atoms with E-state index in [-0.39, 0.29) is 11.6 Å². The molecule has 1 rings (SSSR count). The minimum atomic E-state index is -1.11. The highest BCUT2D eigenvalue weighted by molar-refractivity contribution is 6.35. The predicted molar refractivity (Wildman–Crippen MR) is 62.9 cm³/mol. The quantitative estimate of drug-likeness (QED) is 0.788. The molecule has 0 aliphatic heterocycles. The average molecular weight is 274 g/mol. The summed E-state index contributed by atoms with van der Waals surface area (Å²) in [6, 6.07) is 6.37. The van der Waals surface area contributed by atoms with Crippen molar-refractivity contribution < 1.29 is 14.3 Å². The molecule has 4 nitrogen and oxygen atoms in total. The van der Waals surface area contributed by atoms with E-state index in [4.69, 9.17) is 33.2 Å². The fraction of sp³-hybridized carbons (Fsp3) is 0.273. The Hall–Kier alpha value is -1.44. The summed E-state index contributed by atoms with van der Waals surface area (Å²) in [7, 11) is 0. The number of hydrogen-bond donors (Lipinski definition) is 0. The number of hydrogen-bond acceptors (Lipinski definition) is 4. The van der Waals surface area contributed by atoms with Gasteiger partial charge in [-0.1, -0.05) is 29.3 Å². The lowest BCUT2D eigenvalue weighted by atomic mass is 10.1. The van der Waals surface area contributed by atoms with Crippen molar-refractivity contribution in [1.29, 1.82) is 5.26 Å². The van der Waals surface area contributed by atoms with E-state index in [1.807, 2.05) is 6.07 Å². The molecule has 0 N–H and O–H groups in total. The van der Waals surface area contributed by atoms with Crippen molar-refractivity contribution in [2.75, 3.05) is 6.61 Å². The molecule has 0 spiro atoms. The molecule has 1 aromatic carbocycles. The molecule has 1 atom stereocenters. The first-order valence-electron chi connectivity index (χ1n) is 4.76. The van der Waals surface area contributed by atoms with Crippen LogP contribution in [0.15, 0.2) is 18.2 Å².